The lowest BCUT2D eigenvalue weighted by atomic mass is 9.80. The Balaban J connectivity index is 0.00000324. The van der Waals surface area contributed by atoms with Crippen molar-refractivity contribution in [3.63, 3.8) is 0 Å². The zero-order valence-electron chi connectivity index (χ0n) is 12.9. The molecule has 3 N–H and O–H groups in total. The summed E-state index contributed by atoms with van der Waals surface area (Å²) in [5, 5.41) is 3.03. The van der Waals surface area contributed by atoms with Gasteiger partial charge in [-0.15, -0.1) is 12.4 Å². The second-order valence-electron chi connectivity index (χ2n) is 6.88. The number of nitrogens with one attached hydrogen (secondary N) is 1. The minimum atomic E-state index is -0.413. The van der Waals surface area contributed by atoms with Crippen LogP contribution in [0, 0.1) is 17.3 Å². The zero-order valence-corrected chi connectivity index (χ0v) is 13.7. The third-order valence-electron chi connectivity index (χ3n) is 4.32. The van der Waals surface area contributed by atoms with Crippen LogP contribution in [0.25, 0.3) is 0 Å². The standard InChI is InChI=1S/C15H30N2O.ClH/c1-5-11-6-8-12(9-7-11)10-17-14(18)13(16)15(2,3)4;/h11-13H,5-10,16H2,1-4H3,(H,17,18);1H/t11?,12?,13-;/m1./s1. The fourth-order valence-corrected chi connectivity index (χ4v) is 2.59. The molecule has 1 rings (SSSR count). The first kappa shape index (κ1) is 18.7. The molecule has 0 spiro atoms. The Bertz CT molecular complexity index is 268. The van der Waals surface area contributed by atoms with Crippen LogP contribution in [0.2, 0.25) is 0 Å². The normalized spacial score (nSPS) is 25.3. The first-order chi connectivity index (χ1) is 8.34. The van der Waals surface area contributed by atoms with Crippen molar-refractivity contribution in [1.82, 2.24) is 5.32 Å². The largest absolute Gasteiger partial charge is 0.354 e. The molecule has 114 valence electrons. The van der Waals surface area contributed by atoms with Crippen molar-refractivity contribution in [3.05, 3.63) is 0 Å². The lowest BCUT2D eigenvalue weighted by Gasteiger charge is -2.30. The Morgan fingerprint density at radius 1 is 1.21 bits per heavy atom. The zero-order chi connectivity index (χ0) is 13.8. The van der Waals surface area contributed by atoms with Crippen molar-refractivity contribution in [3.8, 4) is 0 Å². The fourth-order valence-electron chi connectivity index (χ4n) is 2.59. The Kier molecular flexibility index (Phi) is 7.99. The van der Waals surface area contributed by atoms with Crippen molar-refractivity contribution in [2.75, 3.05) is 6.54 Å². The molecule has 19 heavy (non-hydrogen) atoms. The monoisotopic (exact) mass is 290 g/mol. The van der Waals surface area contributed by atoms with Crippen LogP contribution in [0.5, 0.6) is 0 Å². The number of carbonyl (C=O) groups is 1. The van der Waals surface area contributed by atoms with Crippen LogP contribution in [0.1, 0.15) is 59.8 Å². The Labute approximate surface area is 124 Å². The summed E-state index contributed by atoms with van der Waals surface area (Å²) in [5.41, 5.74) is 5.78. The van der Waals surface area contributed by atoms with Gasteiger partial charge in [-0.25, -0.2) is 0 Å². The van der Waals surface area contributed by atoms with Crippen molar-refractivity contribution in [2.24, 2.45) is 23.0 Å². The number of halogens is 1. The van der Waals surface area contributed by atoms with E-state index in [0.29, 0.717) is 5.92 Å². The molecular formula is C15H31ClN2O. The van der Waals surface area contributed by atoms with Gasteiger partial charge in [-0.3, -0.25) is 4.79 Å². The predicted octanol–water partition coefficient (Wildman–Crippen LogP) is 3.11. The van der Waals surface area contributed by atoms with Gasteiger partial charge in [0.05, 0.1) is 6.04 Å². The van der Waals surface area contributed by atoms with Gasteiger partial charge in [0.25, 0.3) is 0 Å². The first-order valence-corrected chi connectivity index (χ1v) is 7.37. The molecular weight excluding hydrogens is 260 g/mol. The lowest BCUT2D eigenvalue weighted by Crippen LogP contribution is -2.49. The Hall–Kier alpha value is -0.280. The molecule has 1 aliphatic carbocycles. The molecule has 0 bridgehead atoms. The molecule has 1 atom stereocenters. The molecule has 3 nitrogen and oxygen atoms in total. The van der Waals surface area contributed by atoms with Gasteiger partial charge >= 0.3 is 0 Å². The van der Waals surface area contributed by atoms with Crippen LogP contribution < -0.4 is 11.1 Å². The van der Waals surface area contributed by atoms with Gasteiger partial charge in [-0.05, 0) is 30.1 Å². The average Bonchev–Trinajstić information content (AvgIpc) is 2.34. The van der Waals surface area contributed by atoms with E-state index in [9.17, 15) is 4.79 Å². The number of nitrogens with two attached hydrogens (primary N) is 1. The molecule has 0 radical (unpaired) electrons. The molecule has 0 aromatic rings. The summed E-state index contributed by atoms with van der Waals surface area (Å²) in [5.74, 6) is 1.57. The molecule has 0 heterocycles. The van der Waals surface area contributed by atoms with E-state index >= 15 is 0 Å². The van der Waals surface area contributed by atoms with Crippen molar-refractivity contribution in [1.29, 1.82) is 0 Å². The maximum absolute atomic E-state index is 11.9. The molecule has 4 heteroatoms. The third-order valence-corrected chi connectivity index (χ3v) is 4.32. The summed E-state index contributed by atoms with van der Waals surface area (Å²) in [7, 11) is 0. The van der Waals surface area contributed by atoms with Gasteiger partial charge in [0.2, 0.25) is 5.91 Å². The molecule has 1 aliphatic rings. The second-order valence-corrected chi connectivity index (χ2v) is 6.88. The highest BCUT2D eigenvalue weighted by Gasteiger charge is 2.28. The fraction of sp³-hybridized carbons (Fsp3) is 0.933. The second kappa shape index (κ2) is 8.11. The minimum Gasteiger partial charge on any atom is -0.354 e. The van der Waals surface area contributed by atoms with E-state index in [1.54, 1.807) is 0 Å². The molecule has 1 fully saturated rings. The summed E-state index contributed by atoms with van der Waals surface area (Å²) in [6.07, 6.45) is 6.45. The number of amides is 1. The maximum atomic E-state index is 11.9. The van der Waals surface area contributed by atoms with Crippen LogP contribution in [-0.2, 0) is 4.79 Å². The highest BCUT2D eigenvalue weighted by atomic mass is 35.5. The smallest absolute Gasteiger partial charge is 0.237 e. The molecule has 0 saturated heterocycles. The van der Waals surface area contributed by atoms with Gasteiger partial charge in [0.1, 0.15) is 0 Å². The minimum absolute atomic E-state index is 0. The van der Waals surface area contributed by atoms with Gasteiger partial charge in [0.15, 0.2) is 0 Å². The van der Waals surface area contributed by atoms with Crippen molar-refractivity contribution >= 4 is 18.3 Å². The summed E-state index contributed by atoms with van der Waals surface area (Å²) in [6, 6.07) is -0.413. The van der Waals surface area contributed by atoms with E-state index in [4.69, 9.17) is 5.73 Å². The van der Waals surface area contributed by atoms with E-state index in [-0.39, 0.29) is 23.7 Å². The molecule has 1 saturated carbocycles. The predicted molar refractivity (Wildman–Crippen MR) is 83.4 cm³/mol. The van der Waals surface area contributed by atoms with Crippen molar-refractivity contribution in [2.45, 2.75) is 65.8 Å². The quantitative estimate of drug-likeness (QED) is 0.836. The number of carbonyl (C=O) groups excluding carboxylic acids is 1. The van der Waals surface area contributed by atoms with Crippen molar-refractivity contribution < 1.29 is 4.79 Å². The summed E-state index contributed by atoms with van der Waals surface area (Å²) in [6.45, 7) is 9.09. The highest BCUT2D eigenvalue weighted by molar-refractivity contribution is 5.85. The third kappa shape index (κ3) is 6.13. The summed E-state index contributed by atoms with van der Waals surface area (Å²) < 4.78 is 0. The molecule has 0 unspecified atom stereocenters. The lowest BCUT2D eigenvalue weighted by molar-refractivity contribution is -0.124. The number of rotatable bonds is 4. The SMILES string of the molecule is CCC1CCC(CNC(=O)[C@@H](N)C(C)(C)C)CC1.Cl. The topological polar surface area (TPSA) is 55.1 Å². The summed E-state index contributed by atoms with van der Waals surface area (Å²) >= 11 is 0. The first-order valence-electron chi connectivity index (χ1n) is 7.37. The Morgan fingerprint density at radius 3 is 2.11 bits per heavy atom. The van der Waals surface area contributed by atoms with Crippen LogP contribution in [0.3, 0.4) is 0 Å². The number of hydrogen-bond acceptors (Lipinski definition) is 2. The highest BCUT2D eigenvalue weighted by Crippen LogP contribution is 2.30. The Morgan fingerprint density at radius 2 is 1.68 bits per heavy atom. The summed E-state index contributed by atoms with van der Waals surface area (Å²) in [4.78, 5) is 11.9. The number of hydrogen-bond donors (Lipinski definition) is 2. The molecule has 0 aromatic carbocycles. The average molecular weight is 291 g/mol. The molecule has 1 amide bonds. The van der Waals surface area contributed by atoms with E-state index in [1.807, 2.05) is 20.8 Å². The van der Waals surface area contributed by atoms with E-state index in [1.165, 1.54) is 32.1 Å². The van der Waals surface area contributed by atoms with Gasteiger partial charge < -0.3 is 11.1 Å². The van der Waals surface area contributed by atoms with Crippen LogP contribution in [0.15, 0.2) is 0 Å². The van der Waals surface area contributed by atoms with Crippen LogP contribution in [-0.4, -0.2) is 18.5 Å². The van der Waals surface area contributed by atoms with E-state index in [0.717, 1.165) is 12.5 Å². The maximum Gasteiger partial charge on any atom is 0.237 e. The molecule has 0 aromatic heterocycles. The van der Waals surface area contributed by atoms with Gasteiger partial charge in [-0.1, -0.05) is 47.0 Å². The van der Waals surface area contributed by atoms with Crippen LogP contribution in [0.4, 0.5) is 0 Å². The van der Waals surface area contributed by atoms with Gasteiger partial charge in [0, 0.05) is 6.54 Å². The molecule has 0 aliphatic heterocycles. The van der Waals surface area contributed by atoms with Crippen LogP contribution >= 0.6 is 12.4 Å². The van der Waals surface area contributed by atoms with E-state index < -0.39 is 6.04 Å². The van der Waals surface area contributed by atoms with E-state index in [2.05, 4.69) is 12.2 Å². The van der Waals surface area contributed by atoms with Gasteiger partial charge in [-0.2, -0.15) is 0 Å².